The Hall–Kier alpha value is -3.54. The van der Waals surface area contributed by atoms with E-state index in [1.165, 1.54) is 0 Å². The number of H-pyrrole nitrogens is 2. The van der Waals surface area contributed by atoms with Crippen LogP contribution in [0.2, 0.25) is 0 Å². The van der Waals surface area contributed by atoms with Gasteiger partial charge in [-0.3, -0.25) is 9.59 Å². The van der Waals surface area contributed by atoms with Crippen LogP contribution in [0.3, 0.4) is 0 Å². The lowest BCUT2D eigenvalue weighted by molar-refractivity contribution is -0.140. The maximum absolute atomic E-state index is 11.8. The van der Waals surface area contributed by atoms with Crippen LogP contribution >= 0.6 is 0 Å². The van der Waals surface area contributed by atoms with E-state index >= 15 is 0 Å². The van der Waals surface area contributed by atoms with Crippen LogP contribution in [0.5, 0.6) is 0 Å². The summed E-state index contributed by atoms with van der Waals surface area (Å²) in [5, 5.41) is 21.0. The molecule has 0 aliphatic carbocycles. The molecule has 136 valence electrons. The first-order valence-corrected chi connectivity index (χ1v) is 8.58. The van der Waals surface area contributed by atoms with E-state index < -0.39 is 17.4 Å². The first-order chi connectivity index (χ1) is 13.0. The third kappa shape index (κ3) is 2.75. The van der Waals surface area contributed by atoms with Crippen LogP contribution in [0.1, 0.15) is 24.0 Å². The number of aromatic nitrogens is 2. The zero-order chi connectivity index (χ0) is 19.0. The number of benzene rings is 2. The van der Waals surface area contributed by atoms with Crippen molar-refractivity contribution in [3.63, 3.8) is 0 Å². The Bertz CT molecular complexity index is 1060. The SMILES string of the molecule is O=C(O)CC(CC(=O)O)(c1c[nH]c2ccccc12)c1c[nH]c2ccccc12. The van der Waals surface area contributed by atoms with Gasteiger partial charge in [0.15, 0.2) is 0 Å². The lowest BCUT2D eigenvalue weighted by atomic mass is 9.69. The number of rotatable bonds is 6. The molecule has 0 radical (unpaired) electrons. The molecule has 0 atom stereocenters. The topological polar surface area (TPSA) is 106 Å². The molecule has 0 aliphatic rings. The number of hydrogen-bond donors (Lipinski definition) is 4. The zero-order valence-electron chi connectivity index (χ0n) is 14.4. The average molecular weight is 362 g/mol. The molecule has 0 saturated heterocycles. The summed E-state index contributed by atoms with van der Waals surface area (Å²) < 4.78 is 0. The molecule has 6 heteroatoms. The first-order valence-electron chi connectivity index (χ1n) is 8.58. The number of aromatic amines is 2. The van der Waals surface area contributed by atoms with Gasteiger partial charge in [0, 0.05) is 39.6 Å². The Balaban J connectivity index is 2.07. The minimum atomic E-state index is -1.21. The van der Waals surface area contributed by atoms with Crippen LogP contribution in [-0.2, 0) is 15.0 Å². The molecule has 27 heavy (non-hydrogen) atoms. The molecule has 0 unspecified atom stereocenters. The molecule has 4 aromatic rings. The number of nitrogens with one attached hydrogen (secondary N) is 2. The molecule has 0 saturated carbocycles. The number of carboxylic acids is 2. The smallest absolute Gasteiger partial charge is 0.304 e. The third-order valence-electron chi connectivity index (χ3n) is 5.12. The maximum Gasteiger partial charge on any atom is 0.304 e. The highest BCUT2D eigenvalue weighted by Crippen LogP contribution is 2.45. The van der Waals surface area contributed by atoms with Crippen molar-refractivity contribution in [3.8, 4) is 0 Å². The summed E-state index contributed by atoms with van der Waals surface area (Å²) in [6.07, 6.45) is 2.81. The van der Waals surface area contributed by atoms with Crippen LogP contribution in [0.25, 0.3) is 21.8 Å². The van der Waals surface area contributed by atoms with E-state index in [4.69, 9.17) is 0 Å². The summed E-state index contributed by atoms with van der Waals surface area (Å²) >= 11 is 0. The largest absolute Gasteiger partial charge is 0.481 e. The first kappa shape index (κ1) is 16.9. The van der Waals surface area contributed by atoms with E-state index in [-0.39, 0.29) is 12.8 Å². The van der Waals surface area contributed by atoms with Crippen molar-refractivity contribution in [1.29, 1.82) is 0 Å². The predicted molar refractivity (Wildman–Crippen MR) is 102 cm³/mol. The summed E-state index contributed by atoms with van der Waals surface area (Å²) in [5.74, 6) is -2.10. The second-order valence-corrected chi connectivity index (χ2v) is 6.72. The van der Waals surface area contributed by atoms with Gasteiger partial charge in [0.05, 0.1) is 12.8 Å². The number of carbonyl (C=O) groups is 2. The molecule has 0 spiro atoms. The fraction of sp³-hybridized carbons (Fsp3) is 0.143. The minimum absolute atomic E-state index is 0.330. The predicted octanol–water partition coefficient (Wildman–Crippen LogP) is 3.88. The number of fused-ring (bicyclic) bond motifs is 2. The van der Waals surface area contributed by atoms with E-state index in [1.54, 1.807) is 12.4 Å². The fourth-order valence-corrected chi connectivity index (χ4v) is 4.04. The van der Waals surface area contributed by atoms with Crippen molar-refractivity contribution >= 4 is 33.7 Å². The van der Waals surface area contributed by atoms with E-state index in [0.717, 1.165) is 21.8 Å². The van der Waals surface area contributed by atoms with Gasteiger partial charge in [0.2, 0.25) is 0 Å². The van der Waals surface area contributed by atoms with Gasteiger partial charge in [0.1, 0.15) is 0 Å². The number of carboxylic acid groups (broad SMARTS) is 2. The normalized spacial score (nSPS) is 11.9. The van der Waals surface area contributed by atoms with Crippen molar-refractivity contribution < 1.29 is 19.8 Å². The average Bonchev–Trinajstić information content (AvgIpc) is 3.25. The Morgan fingerprint density at radius 2 is 1.15 bits per heavy atom. The monoisotopic (exact) mass is 362 g/mol. The summed E-state index contributed by atoms with van der Waals surface area (Å²) in [7, 11) is 0. The number of aliphatic carboxylic acids is 2. The molecule has 2 heterocycles. The minimum Gasteiger partial charge on any atom is -0.481 e. The van der Waals surface area contributed by atoms with Gasteiger partial charge >= 0.3 is 11.9 Å². The van der Waals surface area contributed by atoms with Crippen LogP contribution in [0.4, 0.5) is 0 Å². The highest BCUT2D eigenvalue weighted by atomic mass is 16.4. The second kappa shape index (κ2) is 6.32. The van der Waals surface area contributed by atoms with Gasteiger partial charge in [0.25, 0.3) is 0 Å². The molecule has 2 aromatic carbocycles. The van der Waals surface area contributed by atoms with E-state index in [0.29, 0.717) is 11.1 Å². The van der Waals surface area contributed by atoms with Gasteiger partial charge in [-0.05, 0) is 23.3 Å². The molecule has 2 aromatic heterocycles. The van der Waals surface area contributed by atoms with Crippen molar-refractivity contribution in [2.24, 2.45) is 0 Å². The van der Waals surface area contributed by atoms with Gasteiger partial charge in [-0.15, -0.1) is 0 Å². The summed E-state index contributed by atoms with van der Waals surface area (Å²) in [5.41, 5.74) is 1.82. The van der Waals surface area contributed by atoms with Gasteiger partial charge < -0.3 is 20.2 Å². The summed E-state index contributed by atoms with van der Waals surface area (Å²) in [6.45, 7) is 0. The van der Waals surface area contributed by atoms with Crippen molar-refractivity contribution in [2.45, 2.75) is 18.3 Å². The molecule has 4 N–H and O–H groups in total. The van der Waals surface area contributed by atoms with Crippen LogP contribution < -0.4 is 0 Å². The molecular weight excluding hydrogens is 344 g/mol. The van der Waals surface area contributed by atoms with Crippen molar-refractivity contribution in [2.75, 3.05) is 0 Å². The standard InChI is InChI=1S/C21H18N2O4/c24-19(25)9-21(10-20(26)27,15-11-22-17-7-3-1-5-13(15)17)16-12-23-18-8-4-2-6-14(16)18/h1-8,11-12,22-23H,9-10H2,(H,24,25)(H,26,27). The van der Waals surface area contributed by atoms with Crippen molar-refractivity contribution in [1.82, 2.24) is 9.97 Å². The number of para-hydroxylation sites is 2. The van der Waals surface area contributed by atoms with Crippen LogP contribution in [0, 0.1) is 0 Å². The van der Waals surface area contributed by atoms with E-state index in [2.05, 4.69) is 9.97 Å². The third-order valence-corrected chi connectivity index (χ3v) is 5.12. The Morgan fingerprint density at radius 3 is 1.56 bits per heavy atom. The highest BCUT2D eigenvalue weighted by molar-refractivity contribution is 5.92. The Morgan fingerprint density at radius 1 is 0.741 bits per heavy atom. The van der Waals surface area contributed by atoms with E-state index in [9.17, 15) is 19.8 Å². The van der Waals surface area contributed by atoms with Gasteiger partial charge in [-0.1, -0.05) is 36.4 Å². The second-order valence-electron chi connectivity index (χ2n) is 6.72. The van der Waals surface area contributed by atoms with Crippen LogP contribution in [-0.4, -0.2) is 32.1 Å². The number of hydrogen-bond acceptors (Lipinski definition) is 2. The molecule has 0 bridgehead atoms. The fourth-order valence-electron chi connectivity index (χ4n) is 4.04. The van der Waals surface area contributed by atoms with E-state index in [1.807, 2.05) is 48.5 Å². The lowest BCUT2D eigenvalue weighted by Crippen LogP contribution is -2.33. The van der Waals surface area contributed by atoms with Gasteiger partial charge in [-0.25, -0.2) is 0 Å². The zero-order valence-corrected chi connectivity index (χ0v) is 14.4. The van der Waals surface area contributed by atoms with Gasteiger partial charge in [-0.2, -0.15) is 0 Å². The summed E-state index contributed by atoms with van der Waals surface area (Å²) in [6, 6.07) is 15.0. The molecule has 0 fully saturated rings. The Kier molecular flexibility index (Phi) is 3.96. The van der Waals surface area contributed by atoms with Crippen molar-refractivity contribution in [3.05, 3.63) is 72.1 Å². The highest BCUT2D eigenvalue weighted by Gasteiger charge is 2.42. The maximum atomic E-state index is 11.8. The summed E-state index contributed by atoms with van der Waals surface area (Å²) in [4.78, 5) is 30.0. The molecule has 4 rings (SSSR count). The lowest BCUT2D eigenvalue weighted by Gasteiger charge is -2.31. The molecular formula is C21H18N2O4. The van der Waals surface area contributed by atoms with Crippen LogP contribution in [0.15, 0.2) is 60.9 Å². The quantitative estimate of drug-likeness (QED) is 0.417. The molecule has 0 aliphatic heterocycles. The molecule has 0 amide bonds. The Labute approximate surface area is 154 Å². The molecule has 6 nitrogen and oxygen atoms in total.